The first-order valence-corrected chi connectivity index (χ1v) is 10.6. The Hall–Kier alpha value is -0.980. The van der Waals surface area contributed by atoms with Gasteiger partial charge in [-0.25, -0.2) is 8.42 Å². The minimum atomic E-state index is -3.62. The van der Waals surface area contributed by atoms with E-state index in [2.05, 4.69) is 0 Å². The van der Waals surface area contributed by atoms with Gasteiger partial charge in [0.1, 0.15) is 6.54 Å². The first kappa shape index (κ1) is 19.3. The Kier molecular flexibility index (Phi) is 6.39. The maximum Gasteiger partial charge on any atom is 0.243 e. The fourth-order valence-corrected chi connectivity index (χ4v) is 4.14. The quantitative estimate of drug-likeness (QED) is 0.769. The van der Waals surface area contributed by atoms with Crippen molar-refractivity contribution in [2.75, 3.05) is 23.7 Å². The molecule has 1 aromatic carbocycles. The average molecular weight is 393 g/mol. The van der Waals surface area contributed by atoms with Crippen LogP contribution in [0, 0.1) is 0 Å². The summed E-state index contributed by atoms with van der Waals surface area (Å²) in [5, 5.41) is 0.585. The lowest BCUT2D eigenvalue weighted by Crippen LogP contribution is -2.48. The van der Waals surface area contributed by atoms with Crippen molar-refractivity contribution < 1.29 is 13.2 Å². The molecule has 1 aliphatic rings. The van der Waals surface area contributed by atoms with E-state index in [1.165, 1.54) is 12.1 Å². The summed E-state index contributed by atoms with van der Waals surface area (Å²) in [7, 11) is -3.62. The van der Waals surface area contributed by atoms with E-state index in [1.54, 1.807) is 11.0 Å². The number of benzene rings is 1. The van der Waals surface area contributed by atoms with Gasteiger partial charge in [-0.3, -0.25) is 9.10 Å². The molecule has 0 aliphatic carbocycles. The largest absolute Gasteiger partial charge is 0.338 e. The number of carbonyl (C=O) groups is 1. The van der Waals surface area contributed by atoms with Crippen LogP contribution in [0.2, 0.25) is 10.0 Å². The average Bonchev–Trinajstić information content (AvgIpc) is 2.54. The predicted molar refractivity (Wildman–Crippen MR) is 98.3 cm³/mol. The second-order valence-electron chi connectivity index (χ2n) is 6.01. The lowest BCUT2D eigenvalue weighted by molar-refractivity contribution is -0.133. The smallest absolute Gasteiger partial charge is 0.243 e. The molecular formula is C16H22Cl2N2O3S. The van der Waals surface area contributed by atoms with Crippen molar-refractivity contribution in [2.24, 2.45) is 0 Å². The molecule has 0 spiro atoms. The normalized spacial score (nSPS) is 18.5. The van der Waals surface area contributed by atoms with E-state index in [0.717, 1.165) is 36.2 Å². The number of carbonyl (C=O) groups excluding carboxylic acids is 1. The monoisotopic (exact) mass is 392 g/mol. The molecule has 1 saturated heterocycles. The summed E-state index contributed by atoms with van der Waals surface area (Å²) in [5.41, 5.74) is 0.338. The molecule has 2 rings (SSSR count). The van der Waals surface area contributed by atoms with E-state index in [1.807, 2.05) is 6.92 Å². The molecule has 1 aromatic rings. The van der Waals surface area contributed by atoms with Crippen molar-refractivity contribution in [2.45, 2.75) is 38.6 Å². The number of likely N-dealkylation sites (tertiary alicyclic amines) is 1. The summed E-state index contributed by atoms with van der Waals surface area (Å²) in [5.74, 6) is -0.182. The van der Waals surface area contributed by atoms with E-state index in [-0.39, 0.29) is 23.5 Å². The summed E-state index contributed by atoms with van der Waals surface area (Å²) in [6.45, 7) is 2.49. The Morgan fingerprint density at radius 2 is 2.00 bits per heavy atom. The van der Waals surface area contributed by atoms with Gasteiger partial charge in [0.05, 0.1) is 22.0 Å². The van der Waals surface area contributed by atoms with Crippen LogP contribution >= 0.6 is 23.2 Å². The van der Waals surface area contributed by atoms with Crippen molar-refractivity contribution in [3.8, 4) is 0 Å². The Labute approximate surface area is 153 Å². The molecule has 1 fully saturated rings. The van der Waals surface area contributed by atoms with Crippen LogP contribution in [0.25, 0.3) is 0 Å². The van der Waals surface area contributed by atoms with Crippen LogP contribution in [-0.2, 0) is 14.8 Å². The van der Waals surface area contributed by atoms with E-state index in [0.29, 0.717) is 17.3 Å². The number of halogens is 2. The van der Waals surface area contributed by atoms with E-state index >= 15 is 0 Å². The van der Waals surface area contributed by atoms with E-state index in [9.17, 15) is 13.2 Å². The maximum absolute atomic E-state index is 12.7. The van der Waals surface area contributed by atoms with Crippen molar-refractivity contribution >= 4 is 44.8 Å². The fraction of sp³-hybridized carbons (Fsp3) is 0.562. The first-order valence-electron chi connectivity index (χ1n) is 7.96. The zero-order valence-electron chi connectivity index (χ0n) is 13.8. The second-order valence-corrected chi connectivity index (χ2v) is 8.73. The number of rotatable bonds is 5. The van der Waals surface area contributed by atoms with Gasteiger partial charge in [-0.1, -0.05) is 30.1 Å². The second kappa shape index (κ2) is 7.93. The standard InChI is InChI=1S/C16H22Cl2N2O3S/c1-3-12-6-4-5-9-19(12)16(21)11-20(24(2,22)23)13-7-8-14(17)15(18)10-13/h7-8,10,12H,3-6,9,11H2,1-2H3. The summed E-state index contributed by atoms with van der Waals surface area (Å²) >= 11 is 11.9. The summed E-state index contributed by atoms with van der Waals surface area (Å²) < 4.78 is 25.4. The molecule has 1 unspecified atom stereocenters. The van der Waals surface area contributed by atoms with Gasteiger partial charge in [-0.2, -0.15) is 0 Å². The Morgan fingerprint density at radius 3 is 2.58 bits per heavy atom. The van der Waals surface area contributed by atoms with Gasteiger partial charge in [-0.15, -0.1) is 0 Å². The molecule has 0 saturated carbocycles. The number of hydrogen-bond acceptors (Lipinski definition) is 3. The molecule has 134 valence electrons. The van der Waals surface area contributed by atoms with Crippen LogP contribution in [0.15, 0.2) is 18.2 Å². The van der Waals surface area contributed by atoms with E-state index in [4.69, 9.17) is 23.2 Å². The van der Waals surface area contributed by atoms with Gasteiger partial charge in [0, 0.05) is 12.6 Å². The number of piperidine rings is 1. The van der Waals surface area contributed by atoms with Crippen LogP contribution in [-0.4, -0.2) is 44.6 Å². The Bertz CT molecular complexity index is 709. The number of anilines is 1. The fourth-order valence-electron chi connectivity index (χ4n) is 3.01. The predicted octanol–water partition coefficient (Wildman–Crippen LogP) is 3.55. The van der Waals surface area contributed by atoms with Gasteiger partial charge in [-0.05, 0) is 43.9 Å². The molecule has 24 heavy (non-hydrogen) atoms. The molecule has 1 amide bonds. The number of amides is 1. The highest BCUT2D eigenvalue weighted by molar-refractivity contribution is 7.92. The SMILES string of the molecule is CCC1CCCCN1C(=O)CN(c1ccc(Cl)c(Cl)c1)S(C)(=O)=O. The van der Waals surface area contributed by atoms with Crippen LogP contribution in [0.3, 0.4) is 0 Å². The zero-order valence-corrected chi connectivity index (χ0v) is 16.2. The molecule has 1 aliphatic heterocycles. The van der Waals surface area contributed by atoms with E-state index < -0.39 is 10.0 Å². The number of nitrogens with zero attached hydrogens (tertiary/aromatic N) is 2. The summed E-state index contributed by atoms with van der Waals surface area (Å²) in [6.07, 6.45) is 4.97. The molecule has 1 heterocycles. The molecular weight excluding hydrogens is 371 g/mol. The molecule has 0 bridgehead atoms. The minimum absolute atomic E-state index is 0.182. The van der Waals surface area contributed by atoms with Crippen LogP contribution in [0.1, 0.15) is 32.6 Å². The topological polar surface area (TPSA) is 57.7 Å². The third-order valence-corrected chi connectivity index (χ3v) is 6.17. The Morgan fingerprint density at radius 1 is 1.29 bits per heavy atom. The molecule has 0 aromatic heterocycles. The van der Waals surface area contributed by atoms with Gasteiger partial charge in [0.2, 0.25) is 15.9 Å². The molecule has 8 heteroatoms. The van der Waals surface area contributed by atoms with Crippen molar-refractivity contribution in [1.82, 2.24) is 4.90 Å². The lowest BCUT2D eigenvalue weighted by atomic mass is 10.00. The molecule has 1 atom stereocenters. The summed E-state index contributed by atoms with van der Waals surface area (Å²) in [6, 6.07) is 4.72. The molecule has 5 nitrogen and oxygen atoms in total. The van der Waals surface area contributed by atoms with Crippen LogP contribution in [0.4, 0.5) is 5.69 Å². The van der Waals surface area contributed by atoms with Gasteiger partial charge >= 0.3 is 0 Å². The van der Waals surface area contributed by atoms with Crippen molar-refractivity contribution in [1.29, 1.82) is 0 Å². The van der Waals surface area contributed by atoms with Gasteiger partial charge in [0.25, 0.3) is 0 Å². The Balaban J connectivity index is 2.26. The van der Waals surface area contributed by atoms with Gasteiger partial charge in [0.15, 0.2) is 0 Å². The zero-order chi connectivity index (χ0) is 17.9. The van der Waals surface area contributed by atoms with Gasteiger partial charge < -0.3 is 4.90 Å². The molecule has 0 radical (unpaired) electrons. The highest BCUT2D eigenvalue weighted by Crippen LogP contribution is 2.29. The van der Waals surface area contributed by atoms with Crippen LogP contribution in [0.5, 0.6) is 0 Å². The van der Waals surface area contributed by atoms with Crippen LogP contribution < -0.4 is 4.31 Å². The summed E-state index contributed by atoms with van der Waals surface area (Å²) in [4.78, 5) is 14.5. The third kappa shape index (κ3) is 4.55. The highest BCUT2D eigenvalue weighted by atomic mass is 35.5. The number of sulfonamides is 1. The highest BCUT2D eigenvalue weighted by Gasteiger charge is 2.29. The van der Waals surface area contributed by atoms with Crippen molar-refractivity contribution in [3.05, 3.63) is 28.2 Å². The number of hydrogen-bond donors (Lipinski definition) is 0. The lowest BCUT2D eigenvalue weighted by Gasteiger charge is -2.36. The first-order chi connectivity index (χ1) is 11.2. The third-order valence-electron chi connectivity index (χ3n) is 4.29. The minimum Gasteiger partial charge on any atom is -0.338 e. The molecule has 0 N–H and O–H groups in total. The maximum atomic E-state index is 12.7. The van der Waals surface area contributed by atoms with Crippen molar-refractivity contribution in [3.63, 3.8) is 0 Å².